The quantitative estimate of drug-likeness (QED) is 0.783. The van der Waals surface area contributed by atoms with Gasteiger partial charge in [0.1, 0.15) is 0 Å². The molecule has 4 heteroatoms. The highest BCUT2D eigenvalue weighted by atomic mass is 32.1. The molecule has 0 spiro atoms. The smallest absolute Gasteiger partial charge is 0.223 e. The lowest BCUT2D eigenvalue weighted by Gasteiger charge is -2.15. The number of hydrogen-bond acceptors (Lipinski definition) is 3. The molecule has 0 radical (unpaired) electrons. The maximum Gasteiger partial charge on any atom is 0.223 e. The Morgan fingerprint density at radius 1 is 1.53 bits per heavy atom. The topological polar surface area (TPSA) is 33.2 Å². The molecule has 1 aromatic heterocycles. The molecule has 3 nitrogen and oxygen atoms in total. The van der Waals surface area contributed by atoms with Gasteiger partial charge >= 0.3 is 0 Å². The molecule has 1 aliphatic heterocycles. The predicted molar refractivity (Wildman–Crippen MR) is 61.6 cm³/mol. The zero-order valence-corrected chi connectivity index (χ0v) is 9.36. The molecule has 1 atom stereocenters. The number of rotatable bonds is 3. The maximum atomic E-state index is 11.6. The summed E-state index contributed by atoms with van der Waals surface area (Å²) in [5.74, 6) is 1.41. The number of carbonyl (C=O) groups is 1. The molecule has 0 aliphatic carbocycles. The van der Waals surface area contributed by atoms with E-state index in [1.165, 1.54) is 0 Å². The molecular formula is C11H14N2OS. The van der Waals surface area contributed by atoms with Gasteiger partial charge in [-0.05, 0) is 23.8 Å². The van der Waals surface area contributed by atoms with Crippen LogP contribution >= 0.6 is 12.6 Å². The fraction of sp³-hybridized carbons (Fsp3) is 0.455. The Labute approximate surface area is 94.9 Å². The van der Waals surface area contributed by atoms with Gasteiger partial charge in [0.15, 0.2) is 0 Å². The van der Waals surface area contributed by atoms with Gasteiger partial charge in [0.05, 0.1) is 12.2 Å². The normalized spacial score (nSPS) is 21.0. The van der Waals surface area contributed by atoms with Gasteiger partial charge in [-0.3, -0.25) is 9.78 Å². The van der Waals surface area contributed by atoms with Crippen molar-refractivity contribution in [1.82, 2.24) is 9.88 Å². The van der Waals surface area contributed by atoms with Gasteiger partial charge < -0.3 is 4.90 Å². The lowest BCUT2D eigenvalue weighted by molar-refractivity contribution is -0.128. The van der Waals surface area contributed by atoms with E-state index in [1.807, 2.05) is 23.1 Å². The molecule has 80 valence electrons. The van der Waals surface area contributed by atoms with Crippen molar-refractivity contribution in [3.8, 4) is 0 Å². The van der Waals surface area contributed by atoms with E-state index in [2.05, 4.69) is 17.6 Å². The van der Waals surface area contributed by atoms with Crippen LogP contribution < -0.4 is 0 Å². The first-order chi connectivity index (χ1) is 7.29. The Kier molecular flexibility index (Phi) is 3.26. The van der Waals surface area contributed by atoms with E-state index in [-0.39, 0.29) is 5.91 Å². The molecule has 2 heterocycles. The van der Waals surface area contributed by atoms with Gasteiger partial charge in [0.25, 0.3) is 0 Å². The lowest BCUT2D eigenvalue weighted by atomic mass is 10.1. The number of thiol groups is 1. The van der Waals surface area contributed by atoms with Crippen LogP contribution in [-0.2, 0) is 11.3 Å². The molecule has 1 aliphatic rings. The SMILES string of the molecule is O=C1CC(CS)CN1Cc1ccccn1. The van der Waals surface area contributed by atoms with Gasteiger partial charge in [-0.2, -0.15) is 12.6 Å². The average Bonchev–Trinajstić information content (AvgIpc) is 2.61. The van der Waals surface area contributed by atoms with Crippen molar-refractivity contribution in [2.45, 2.75) is 13.0 Å². The second-order valence-electron chi connectivity index (χ2n) is 3.85. The van der Waals surface area contributed by atoms with Crippen LogP contribution in [0.1, 0.15) is 12.1 Å². The van der Waals surface area contributed by atoms with E-state index in [1.54, 1.807) is 6.20 Å². The van der Waals surface area contributed by atoms with Gasteiger partial charge in [-0.15, -0.1) is 0 Å². The second-order valence-corrected chi connectivity index (χ2v) is 4.21. The first-order valence-electron chi connectivity index (χ1n) is 5.08. The molecule has 1 unspecified atom stereocenters. The van der Waals surface area contributed by atoms with Crippen LogP contribution in [0.2, 0.25) is 0 Å². The largest absolute Gasteiger partial charge is 0.336 e. The first-order valence-corrected chi connectivity index (χ1v) is 5.71. The molecule has 0 N–H and O–H groups in total. The summed E-state index contributed by atoms with van der Waals surface area (Å²) in [5, 5.41) is 0. The third-order valence-corrected chi connectivity index (χ3v) is 3.15. The van der Waals surface area contributed by atoms with Crippen molar-refractivity contribution in [3.05, 3.63) is 30.1 Å². The van der Waals surface area contributed by atoms with E-state index in [0.29, 0.717) is 18.9 Å². The van der Waals surface area contributed by atoms with Crippen LogP contribution in [0.15, 0.2) is 24.4 Å². The average molecular weight is 222 g/mol. The summed E-state index contributed by atoms with van der Waals surface area (Å²) < 4.78 is 0. The number of nitrogens with zero attached hydrogens (tertiary/aromatic N) is 2. The molecule has 1 amide bonds. The van der Waals surface area contributed by atoms with Crippen molar-refractivity contribution in [2.24, 2.45) is 5.92 Å². The molecule has 2 rings (SSSR count). The van der Waals surface area contributed by atoms with E-state index < -0.39 is 0 Å². The maximum absolute atomic E-state index is 11.6. The Morgan fingerprint density at radius 3 is 3.00 bits per heavy atom. The lowest BCUT2D eigenvalue weighted by Crippen LogP contribution is -2.25. The minimum atomic E-state index is 0.222. The van der Waals surface area contributed by atoms with E-state index in [0.717, 1.165) is 18.0 Å². The summed E-state index contributed by atoms with van der Waals surface area (Å²) >= 11 is 4.23. The summed E-state index contributed by atoms with van der Waals surface area (Å²) in [6.07, 6.45) is 2.39. The number of carbonyl (C=O) groups excluding carboxylic acids is 1. The molecule has 1 fully saturated rings. The number of amides is 1. The Morgan fingerprint density at radius 2 is 2.40 bits per heavy atom. The van der Waals surface area contributed by atoms with Crippen LogP contribution in [0.5, 0.6) is 0 Å². The zero-order chi connectivity index (χ0) is 10.7. The van der Waals surface area contributed by atoms with E-state index >= 15 is 0 Å². The van der Waals surface area contributed by atoms with Crippen molar-refractivity contribution in [2.75, 3.05) is 12.3 Å². The highest BCUT2D eigenvalue weighted by molar-refractivity contribution is 7.80. The Bertz CT molecular complexity index is 342. The number of aromatic nitrogens is 1. The van der Waals surface area contributed by atoms with Crippen molar-refractivity contribution >= 4 is 18.5 Å². The monoisotopic (exact) mass is 222 g/mol. The molecule has 0 saturated carbocycles. The third-order valence-electron chi connectivity index (χ3n) is 2.63. The fourth-order valence-electron chi connectivity index (χ4n) is 1.82. The van der Waals surface area contributed by atoms with Gasteiger partial charge in [-0.25, -0.2) is 0 Å². The number of likely N-dealkylation sites (tertiary alicyclic amines) is 1. The van der Waals surface area contributed by atoms with Crippen LogP contribution in [0.3, 0.4) is 0 Å². The number of hydrogen-bond donors (Lipinski definition) is 1. The van der Waals surface area contributed by atoms with Gasteiger partial charge in [-0.1, -0.05) is 6.07 Å². The Hall–Kier alpha value is -1.03. The van der Waals surface area contributed by atoms with E-state index in [4.69, 9.17) is 0 Å². The fourth-order valence-corrected chi connectivity index (χ4v) is 2.06. The molecule has 0 bridgehead atoms. The first kappa shape index (κ1) is 10.5. The van der Waals surface area contributed by atoms with Crippen LogP contribution in [0.25, 0.3) is 0 Å². The third kappa shape index (κ3) is 2.50. The van der Waals surface area contributed by atoms with E-state index in [9.17, 15) is 4.79 Å². The summed E-state index contributed by atoms with van der Waals surface area (Å²) in [4.78, 5) is 17.7. The van der Waals surface area contributed by atoms with Gasteiger partial charge in [0, 0.05) is 19.2 Å². The second kappa shape index (κ2) is 4.66. The highest BCUT2D eigenvalue weighted by Gasteiger charge is 2.28. The van der Waals surface area contributed by atoms with Gasteiger partial charge in [0.2, 0.25) is 5.91 Å². The van der Waals surface area contributed by atoms with Crippen LogP contribution in [-0.4, -0.2) is 28.1 Å². The van der Waals surface area contributed by atoms with Crippen LogP contribution in [0.4, 0.5) is 0 Å². The summed E-state index contributed by atoms with van der Waals surface area (Å²) in [7, 11) is 0. The van der Waals surface area contributed by atoms with Crippen molar-refractivity contribution < 1.29 is 4.79 Å². The highest BCUT2D eigenvalue weighted by Crippen LogP contribution is 2.20. The molecule has 1 saturated heterocycles. The molecule has 0 aromatic carbocycles. The molecule has 15 heavy (non-hydrogen) atoms. The zero-order valence-electron chi connectivity index (χ0n) is 8.47. The molecular weight excluding hydrogens is 208 g/mol. The predicted octanol–water partition coefficient (Wildman–Crippen LogP) is 1.36. The number of pyridine rings is 1. The summed E-state index contributed by atoms with van der Waals surface area (Å²) in [6, 6.07) is 5.77. The minimum absolute atomic E-state index is 0.222. The minimum Gasteiger partial charge on any atom is -0.336 e. The van der Waals surface area contributed by atoms with Crippen molar-refractivity contribution in [3.63, 3.8) is 0 Å². The summed E-state index contributed by atoms with van der Waals surface area (Å²) in [5.41, 5.74) is 0.950. The molecule has 1 aromatic rings. The standard InChI is InChI=1S/C11H14N2OS/c14-11-5-9(8-15)6-13(11)7-10-3-1-2-4-12-10/h1-4,9,15H,5-8H2. The Balaban J connectivity index is 1.99. The van der Waals surface area contributed by atoms with Crippen LogP contribution in [0, 0.1) is 5.92 Å². The summed E-state index contributed by atoms with van der Waals surface area (Å²) in [6.45, 7) is 1.45. The van der Waals surface area contributed by atoms with Crippen molar-refractivity contribution in [1.29, 1.82) is 0 Å².